The van der Waals surface area contributed by atoms with Crippen LogP contribution in [-0.4, -0.2) is 39.3 Å². The number of carbonyl (C=O) groups is 2. The van der Waals surface area contributed by atoms with Gasteiger partial charge >= 0.3 is 5.97 Å². The Bertz CT molecular complexity index is 696. The Morgan fingerprint density at radius 1 is 1.14 bits per heavy atom. The van der Waals surface area contributed by atoms with Crippen LogP contribution in [0.15, 0.2) is 36.4 Å². The molecule has 0 aromatic heterocycles. The lowest BCUT2D eigenvalue weighted by atomic mass is 10.0. The first-order valence-electron chi connectivity index (χ1n) is 6.33. The molecule has 0 saturated carbocycles. The zero-order valence-corrected chi connectivity index (χ0v) is 11.3. The smallest absolute Gasteiger partial charge is 0.328 e. The molecule has 2 aromatic rings. The van der Waals surface area contributed by atoms with Gasteiger partial charge in [0, 0.05) is 0 Å². The second-order valence-electron chi connectivity index (χ2n) is 4.75. The minimum atomic E-state index is -1.44. The van der Waals surface area contributed by atoms with Crippen LogP contribution in [0.5, 0.6) is 5.75 Å². The molecule has 0 spiro atoms. The van der Waals surface area contributed by atoms with Crippen LogP contribution in [0.25, 0.3) is 10.8 Å². The predicted molar refractivity (Wildman–Crippen MR) is 76.2 cm³/mol. The molecule has 6 nitrogen and oxygen atoms in total. The minimum Gasteiger partial charge on any atom is -0.507 e. The van der Waals surface area contributed by atoms with Gasteiger partial charge in [0.2, 0.25) is 0 Å². The maximum atomic E-state index is 12.1. The van der Waals surface area contributed by atoms with Gasteiger partial charge in [-0.15, -0.1) is 0 Å². The van der Waals surface area contributed by atoms with E-state index in [2.05, 4.69) is 5.32 Å². The summed E-state index contributed by atoms with van der Waals surface area (Å²) in [7, 11) is 0. The average Bonchev–Trinajstić information content (AvgIpc) is 2.43. The highest BCUT2D eigenvalue weighted by Crippen LogP contribution is 2.25. The fourth-order valence-corrected chi connectivity index (χ4v) is 2.02. The summed E-state index contributed by atoms with van der Waals surface area (Å²) in [4.78, 5) is 23.1. The normalized spacial score (nSPS) is 13.6. The number of phenolic OH excluding ortho intramolecular Hbond substituents is 1. The molecule has 2 aromatic carbocycles. The number of hydrogen-bond donors (Lipinski definition) is 4. The van der Waals surface area contributed by atoms with E-state index in [4.69, 9.17) is 5.11 Å². The van der Waals surface area contributed by atoms with E-state index in [1.54, 1.807) is 24.3 Å². The summed E-state index contributed by atoms with van der Waals surface area (Å²) in [6.45, 7) is 1.26. The average molecular weight is 289 g/mol. The van der Waals surface area contributed by atoms with Gasteiger partial charge in [-0.25, -0.2) is 4.79 Å². The van der Waals surface area contributed by atoms with Gasteiger partial charge in [0.05, 0.1) is 11.7 Å². The molecule has 0 heterocycles. The Morgan fingerprint density at radius 3 is 2.24 bits per heavy atom. The topological polar surface area (TPSA) is 107 Å². The number of aromatic hydroxyl groups is 1. The van der Waals surface area contributed by atoms with E-state index in [1.807, 2.05) is 0 Å². The number of aliphatic hydroxyl groups is 1. The van der Waals surface area contributed by atoms with Crippen LogP contribution < -0.4 is 5.32 Å². The van der Waals surface area contributed by atoms with Crippen molar-refractivity contribution in [1.29, 1.82) is 0 Å². The number of carboxylic acid groups (broad SMARTS) is 1. The molecule has 2 unspecified atom stereocenters. The highest BCUT2D eigenvalue weighted by atomic mass is 16.4. The third-order valence-corrected chi connectivity index (χ3v) is 3.14. The van der Waals surface area contributed by atoms with Gasteiger partial charge in [0.25, 0.3) is 5.91 Å². The maximum absolute atomic E-state index is 12.1. The summed E-state index contributed by atoms with van der Waals surface area (Å²) in [6.07, 6.45) is -1.26. The van der Waals surface area contributed by atoms with Crippen LogP contribution in [-0.2, 0) is 4.79 Å². The quantitative estimate of drug-likeness (QED) is 0.674. The lowest BCUT2D eigenvalue weighted by Crippen LogP contribution is -2.47. The first kappa shape index (κ1) is 14.8. The second-order valence-corrected chi connectivity index (χ2v) is 4.75. The zero-order chi connectivity index (χ0) is 15.6. The van der Waals surface area contributed by atoms with Gasteiger partial charge in [-0.3, -0.25) is 4.79 Å². The molecular weight excluding hydrogens is 274 g/mol. The number of hydrogen-bond acceptors (Lipinski definition) is 4. The molecule has 2 rings (SSSR count). The molecule has 1 amide bonds. The van der Waals surface area contributed by atoms with Crippen LogP contribution >= 0.6 is 0 Å². The lowest BCUT2D eigenvalue weighted by molar-refractivity contribution is -0.141. The molecule has 110 valence electrons. The van der Waals surface area contributed by atoms with E-state index in [0.29, 0.717) is 0 Å². The van der Waals surface area contributed by atoms with Gasteiger partial charge in [-0.05, 0) is 29.8 Å². The number of aliphatic carboxylic acids is 1. The largest absolute Gasteiger partial charge is 0.507 e. The molecule has 0 saturated heterocycles. The van der Waals surface area contributed by atoms with E-state index < -0.39 is 24.0 Å². The fourth-order valence-electron chi connectivity index (χ4n) is 2.02. The summed E-state index contributed by atoms with van der Waals surface area (Å²) < 4.78 is 0. The summed E-state index contributed by atoms with van der Waals surface area (Å²) in [5, 5.41) is 31.9. The van der Waals surface area contributed by atoms with Crippen LogP contribution in [0.3, 0.4) is 0 Å². The molecule has 4 N–H and O–H groups in total. The van der Waals surface area contributed by atoms with Crippen molar-refractivity contribution in [3.63, 3.8) is 0 Å². The van der Waals surface area contributed by atoms with Crippen molar-refractivity contribution >= 4 is 22.6 Å². The van der Waals surface area contributed by atoms with Crippen LogP contribution in [0.4, 0.5) is 0 Å². The van der Waals surface area contributed by atoms with Crippen LogP contribution in [0.1, 0.15) is 17.3 Å². The Balaban J connectivity index is 2.34. The summed E-state index contributed by atoms with van der Waals surface area (Å²) in [5.41, 5.74) is -0.0411. The fraction of sp³-hybridized carbons (Fsp3) is 0.200. The molecule has 0 aliphatic rings. The molecule has 0 aliphatic carbocycles. The van der Waals surface area contributed by atoms with E-state index in [-0.39, 0.29) is 11.3 Å². The SMILES string of the molecule is CC(O)C(NC(=O)c1cc2ccccc2cc1O)C(=O)O. The number of fused-ring (bicyclic) bond motifs is 1. The Kier molecular flexibility index (Phi) is 4.09. The monoisotopic (exact) mass is 289 g/mol. The summed E-state index contributed by atoms with van der Waals surface area (Å²) in [6, 6.07) is 8.61. The Hall–Kier alpha value is -2.60. The lowest BCUT2D eigenvalue weighted by Gasteiger charge is -2.17. The van der Waals surface area contributed by atoms with E-state index in [9.17, 15) is 19.8 Å². The molecule has 2 atom stereocenters. The Labute approximate surface area is 120 Å². The van der Waals surface area contributed by atoms with Gasteiger partial charge < -0.3 is 20.6 Å². The highest BCUT2D eigenvalue weighted by Gasteiger charge is 2.26. The molecule has 0 fully saturated rings. The van der Waals surface area contributed by atoms with E-state index in [1.165, 1.54) is 19.1 Å². The number of carboxylic acids is 1. The zero-order valence-electron chi connectivity index (χ0n) is 11.3. The van der Waals surface area contributed by atoms with E-state index in [0.717, 1.165) is 10.8 Å². The van der Waals surface area contributed by atoms with Crippen molar-refractivity contribution in [1.82, 2.24) is 5.32 Å². The number of benzene rings is 2. The first-order valence-corrected chi connectivity index (χ1v) is 6.33. The number of carbonyl (C=O) groups excluding carboxylic acids is 1. The van der Waals surface area contributed by atoms with Crippen molar-refractivity contribution in [2.24, 2.45) is 0 Å². The van der Waals surface area contributed by atoms with Crippen molar-refractivity contribution in [3.8, 4) is 5.75 Å². The van der Waals surface area contributed by atoms with Crippen molar-refractivity contribution < 1.29 is 24.9 Å². The predicted octanol–water partition coefficient (Wildman–Crippen LogP) is 1.11. The van der Waals surface area contributed by atoms with Gasteiger partial charge in [-0.1, -0.05) is 24.3 Å². The number of amides is 1. The molecule has 21 heavy (non-hydrogen) atoms. The molecule has 6 heteroatoms. The van der Waals surface area contributed by atoms with Gasteiger partial charge in [0.1, 0.15) is 5.75 Å². The number of aliphatic hydroxyl groups excluding tert-OH is 1. The number of nitrogens with one attached hydrogen (secondary N) is 1. The van der Waals surface area contributed by atoms with Crippen molar-refractivity contribution in [2.75, 3.05) is 0 Å². The number of phenols is 1. The summed E-state index contributed by atoms with van der Waals surface area (Å²) in [5.74, 6) is -2.36. The van der Waals surface area contributed by atoms with Crippen LogP contribution in [0.2, 0.25) is 0 Å². The molecule has 0 radical (unpaired) electrons. The maximum Gasteiger partial charge on any atom is 0.328 e. The van der Waals surface area contributed by atoms with Crippen molar-refractivity contribution in [3.05, 3.63) is 42.0 Å². The number of rotatable bonds is 4. The van der Waals surface area contributed by atoms with Crippen LogP contribution in [0, 0.1) is 0 Å². The first-order chi connectivity index (χ1) is 9.90. The molecular formula is C15H15NO5. The van der Waals surface area contributed by atoms with Gasteiger partial charge in [-0.2, -0.15) is 0 Å². The third kappa shape index (κ3) is 3.11. The Morgan fingerprint density at radius 2 is 1.71 bits per heavy atom. The summed E-state index contributed by atoms with van der Waals surface area (Å²) >= 11 is 0. The third-order valence-electron chi connectivity index (χ3n) is 3.14. The van der Waals surface area contributed by atoms with Gasteiger partial charge in [0.15, 0.2) is 6.04 Å². The van der Waals surface area contributed by atoms with E-state index >= 15 is 0 Å². The molecule has 0 aliphatic heterocycles. The van der Waals surface area contributed by atoms with Crippen molar-refractivity contribution in [2.45, 2.75) is 19.1 Å². The standard InChI is InChI=1S/C15H15NO5/c1-8(17)13(15(20)21)16-14(19)11-6-9-4-2-3-5-10(9)7-12(11)18/h2-8,13,17-18H,1H3,(H,16,19)(H,20,21). The minimum absolute atomic E-state index is 0.0411. The molecule has 0 bridgehead atoms. The highest BCUT2D eigenvalue weighted by molar-refractivity contribution is 6.02. The second kappa shape index (κ2) is 5.80.